The molecule has 0 aromatic carbocycles. The third-order valence-electron chi connectivity index (χ3n) is 4.74. The summed E-state index contributed by atoms with van der Waals surface area (Å²) < 4.78 is 1.92. The summed E-state index contributed by atoms with van der Waals surface area (Å²) in [5, 5.41) is 14.0. The zero-order chi connectivity index (χ0) is 19.4. The highest BCUT2D eigenvalue weighted by Gasteiger charge is 2.22. The average Bonchev–Trinajstić information content (AvgIpc) is 3.22. The van der Waals surface area contributed by atoms with Gasteiger partial charge in [-0.25, -0.2) is 4.79 Å². The Morgan fingerprint density at radius 3 is 2.93 bits per heavy atom. The Balaban J connectivity index is 1.65. The van der Waals surface area contributed by atoms with E-state index in [2.05, 4.69) is 33.8 Å². The van der Waals surface area contributed by atoms with Crippen molar-refractivity contribution in [1.82, 2.24) is 25.4 Å². The lowest BCUT2D eigenvalue weighted by molar-refractivity contribution is -0.117. The van der Waals surface area contributed by atoms with Gasteiger partial charge >= 0.3 is 6.03 Å². The maximum atomic E-state index is 11.8. The fraction of sp³-hybridized carbons (Fsp3) is 0.556. The molecular weight excluding hydrogens is 382 g/mol. The van der Waals surface area contributed by atoms with Gasteiger partial charge in [0.1, 0.15) is 0 Å². The van der Waals surface area contributed by atoms with Gasteiger partial charge in [0.15, 0.2) is 11.0 Å². The summed E-state index contributed by atoms with van der Waals surface area (Å²) in [7, 11) is 1.91. The Morgan fingerprint density at radius 2 is 2.19 bits per heavy atom. The fourth-order valence-electron chi connectivity index (χ4n) is 3.21. The summed E-state index contributed by atoms with van der Waals surface area (Å²) in [6.07, 6.45) is 4.80. The van der Waals surface area contributed by atoms with E-state index in [1.165, 1.54) is 35.0 Å². The van der Waals surface area contributed by atoms with Crippen LogP contribution in [-0.4, -0.2) is 39.0 Å². The summed E-state index contributed by atoms with van der Waals surface area (Å²) in [5.74, 6) is 1.37. The molecule has 3 amide bonds. The molecule has 27 heavy (non-hydrogen) atoms. The normalized spacial score (nSPS) is 16.0. The number of amides is 3. The summed E-state index contributed by atoms with van der Waals surface area (Å²) >= 11 is 3.07. The van der Waals surface area contributed by atoms with Gasteiger partial charge in [-0.05, 0) is 43.7 Å². The van der Waals surface area contributed by atoms with Crippen molar-refractivity contribution in [3.05, 3.63) is 16.5 Å². The van der Waals surface area contributed by atoms with Crippen LogP contribution in [0.5, 0.6) is 0 Å². The van der Waals surface area contributed by atoms with Gasteiger partial charge < -0.3 is 9.88 Å². The monoisotopic (exact) mass is 407 g/mol. The number of thioether (sulfide) groups is 1. The smallest absolute Gasteiger partial charge is 0.321 e. The molecule has 2 aromatic rings. The lowest BCUT2D eigenvalue weighted by Crippen LogP contribution is -2.40. The number of hydrogen-bond acceptors (Lipinski definition) is 6. The largest absolute Gasteiger partial charge is 0.338 e. The Bertz CT molecular complexity index is 830. The van der Waals surface area contributed by atoms with Crippen LogP contribution in [0.2, 0.25) is 0 Å². The van der Waals surface area contributed by atoms with Crippen LogP contribution >= 0.6 is 23.1 Å². The summed E-state index contributed by atoms with van der Waals surface area (Å²) in [6.45, 7) is 4.53. The Kier molecular flexibility index (Phi) is 6.54. The molecule has 146 valence electrons. The number of nitrogens with one attached hydrogen (secondary N) is 2. The number of imide groups is 1. The van der Waals surface area contributed by atoms with Gasteiger partial charge in [0.2, 0.25) is 5.91 Å². The average molecular weight is 408 g/mol. The van der Waals surface area contributed by atoms with E-state index < -0.39 is 6.03 Å². The number of carbonyl (C=O) groups is 2. The zero-order valence-electron chi connectivity index (χ0n) is 15.9. The van der Waals surface area contributed by atoms with Crippen LogP contribution in [0.3, 0.4) is 0 Å². The molecule has 1 atom stereocenters. The molecule has 0 unspecified atom stereocenters. The van der Waals surface area contributed by atoms with Crippen LogP contribution in [0.15, 0.2) is 11.2 Å². The van der Waals surface area contributed by atoms with Crippen LogP contribution in [0.25, 0.3) is 10.7 Å². The topological polar surface area (TPSA) is 88.9 Å². The van der Waals surface area contributed by atoms with Crippen molar-refractivity contribution in [2.75, 3.05) is 12.3 Å². The summed E-state index contributed by atoms with van der Waals surface area (Å²) in [5.41, 5.74) is 1.45. The molecule has 2 aromatic heterocycles. The highest BCUT2D eigenvalue weighted by Crippen LogP contribution is 2.37. The summed E-state index contributed by atoms with van der Waals surface area (Å²) in [4.78, 5) is 25.8. The van der Waals surface area contributed by atoms with E-state index >= 15 is 0 Å². The molecule has 0 fully saturated rings. The van der Waals surface area contributed by atoms with Gasteiger partial charge in [-0.2, -0.15) is 0 Å². The number of aromatic nitrogens is 3. The second kappa shape index (κ2) is 8.88. The van der Waals surface area contributed by atoms with Crippen LogP contribution in [0.4, 0.5) is 4.79 Å². The fourth-order valence-corrected chi connectivity index (χ4v) is 5.15. The Morgan fingerprint density at radius 1 is 1.37 bits per heavy atom. The van der Waals surface area contributed by atoms with Crippen LogP contribution in [0.1, 0.15) is 37.1 Å². The Hall–Kier alpha value is -1.87. The lowest BCUT2D eigenvalue weighted by Gasteiger charge is -2.19. The van der Waals surface area contributed by atoms with Gasteiger partial charge in [0.05, 0.1) is 10.6 Å². The molecule has 0 bridgehead atoms. The van der Waals surface area contributed by atoms with E-state index in [-0.39, 0.29) is 11.7 Å². The van der Waals surface area contributed by atoms with Crippen molar-refractivity contribution in [3.63, 3.8) is 0 Å². The molecule has 0 spiro atoms. The highest BCUT2D eigenvalue weighted by atomic mass is 32.2. The summed E-state index contributed by atoms with van der Waals surface area (Å²) in [6, 6.07) is 1.78. The number of hydrogen-bond donors (Lipinski definition) is 2. The molecule has 1 aliphatic carbocycles. The second-order valence-electron chi connectivity index (χ2n) is 6.64. The van der Waals surface area contributed by atoms with Crippen molar-refractivity contribution >= 4 is 35.0 Å². The van der Waals surface area contributed by atoms with Crippen molar-refractivity contribution < 1.29 is 9.59 Å². The first-order valence-electron chi connectivity index (χ1n) is 9.23. The number of nitrogens with zero attached hydrogens (tertiary/aromatic N) is 3. The minimum atomic E-state index is -0.476. The van der Waals surface area contributed by atoms with E-state index in [0.29, 0.717) is 11.7 Å². The molecule has 2 N–H and O–H groups in total. The maximum Gasteiger partial charge on any atom is 0.321 e. The molecule has 1 aliphatic rings. The zero-order valence-corrected chi connectivity index (χ0v) is 17.5. The van der Waals surface area contributed by atoms with Crippen molar-refractivity contribution in [2.24, 2.45) is 13.0 Å². The Labute approximate surface area is 167 Å². The van der Waals surface area contributed by atoms with Gasteiger partial charge in [0, 0.05) is 18.5 Å². The molecule has 9 heteroatoms. The minimum absolute atomic E-state index is 0.113. The van der Waals surface area contributed by atoms with E-state index in [1.54, 1.807) is 18.3 Å². The van der Waals surface area contributed by atoms with Crippen molar-refractivity contribution in [3.8, 4) is 10.7 Å². The predicted molar refractivity (Wildman–Crippen MR) is 108 cm³/mol. The molecule has 0 saturated heterocycles. The second-order valence-corrected chi connectivity index (χ2v) is 8.72. The maximum absolute atomic E-state index is 11.8. The van der Waals surface area contributed by atoms with E-state index in [4.69, 9.17) is 0 Å². The molecule has 7 nitrogen and oxygen atoms in total. The van der Waals surface area contributed by atoms with Gasteiger partial charge in [-0.1, -0.05) is 25.1 Å². The van der Waals surface area contributed by atoms with Gasteiger partial charge in [-0.15, -0.1) is 21.5 Å². The third kappa shape index (κ3) is 4.70. The molecule has 3 rings (SSSR count). The van der Waals surface area contributed by atoms with E-state index in [9.17, 15) is 9.59 Å². The SMILES string of the molecule is CCNC(=O)NC(=O)CSc1nnc(-c2cc3c(s2)CC[C@H](CC)C3)n1C. The van der Waals surface area contributed by atoms with Gasteiger partial charge in [0.25, 0.3) is 0 Å². The van der Waals surface area contributed by atoms with E-state index in [0.717, 1.165) is 29.5 Å². The van der Waals surface area contributed by atoms with Crippen molar-refractivity contribution in [1.29, 1.82) is 0 Å². The number of rotatable bonds is 6. The first-order valence-corrected chi connectivity index (χ1v) is 11.0. The highest BCUT2D eigenvalue weighted by molar-refractivity contribution is 7.99. The van der Waals surface area contributed by atoms with Crippen LogP contribution < -0.4 is 10.6 Å². The minimum Gasteiger partial charge on any atom is -0.338 e. The number of carbonyl (C=O) groups excluding carboxylic acids is 2. The van der Waals surface area contributed by atoms with Gasteiger partial charge in [-0.3, -0.25) is 10.1 Å². The van der Waals surface area contributed by atoms with Crippen molar-refractivity contribution in [2.45, 2.75) is 44.7 Å². The number of fused-ring (bicyclic) bond motifs is 1. The van der Waals surface area contributed by atoms with E-state index in [1.807, 2.05) is 11.6 Å². The molecule has 0 aliphatic heterocycles. The third-order valence-corrected chi connectivity index (χ3v) is 6.99. The first-order chi connectivity index (χ1) is 13.0. The number of urea groups is 1. The standard InChI is InChI=1S/C18H25N5O2S2/c1-4-11-6-7-13-12(8-11)9-14(27-13)16-21-22-18(23(16)3)26-10-15(24)20-17(25)19-5-2/h9,11H,4-8,10H2,1-3H3,(H2,19,20,24,25)/t11-/m0/s1. The first kappa shape index (κ1) is 19.9. The lowest BCUT2D eigenvalue weighted by atomic mass is 9.87. The number of aryl methyl sites for hydroxylation is 1. The number of thiophene rings is 1. The van der Waals surface area contributed by atoms with Crippen LogP contribution in [0, 0.1) is 5.92 Å². The van der Waals surface area contributed by atoms with Crippen LogP contribution in [-0.2, 0) is 24.7 Å². The molecule has 0 saturated carbocycles. The quantitative estimate of drug-likeness (QED) is 0.719. The molecule has 2 heterocycles. The molecular formula is C18H25N5O2S2. The predicted octanol–water partition coefficient (Wildman–Crippen LogP) is 3.00. The molecule has 0 radical (unpaired) electrons.